The van der Waals surface area contributed by atoms with Crippen LogP contribution in [0.1, 0.15) is 38.5 Å². The summed E-state index contributed by atoms with van der Waals surface area (Å²) in [6.45, 7) is 1.75. The van der Waals surface area contributed by atoms with Gasteiger partial charge in [-0.15, -0.1) is 0 Å². The first-order valence-corrected chi connectivity index (χ1v) is 6.57. The van der Waals surface area contributed by atoms with Crippen LogP contribution in [-0.2, 0) is 4.74 Å². The molecule has 1 saturated heterocycles. The van der Waals surface area contributed by atoms with E-state index in [0.29, 0.717) is 6.04 Å². The maximum Gasteiger partial charge on any atom is 0.0863 e. The second-order valence-corrected chi connectivity index (χ2v) is 4.93. The Morgan fingerprint density at radius 1 is 1.41 bits per heavy atom. The van der Waals surface area contributed by atoms with Crippen molar-refractivity contribution in [3.8, 4) is 6.07 Å². The molecule has 1 unspecified atom stereocenters. The number of nitriles is 1. The molecule has 2 fully saturated rings. The fourth-order valence-corrected chi connectivity index (χ4v) is 2.73. The predicted molar refractivity (Wildman–Crippen MR) is 66.6 cm³/mol. The van der Waals surface area contributed by atoms with Crippen molar-refractivity contribution in [2.75, 3.05) is 20.3 Å². The summed E-state index contributed by atoms with van der Waals surface area (Å²) in [4.78, 5) is 0. The Hall–Kier alpha value is -1.08. The Balaban J connectivity index is 2.03. The summed E-state index contributed by atoms with van der Waals surface area (Å²) in [5.74, 6) is 0.0487. The number of nitrogens with zero attached hydrogens (tertiary/aromatic N) is 3. The quantitative estimate of drug-likeness (QED) is 0.753. The summed E-state index contributed by atoms with van der Waals surface area (Å²) in [6, 6.07) is 2.80. The number of methoxy groups -OCH3 is 1. The Morgan fingerprint density at radius 3 is 3.06 bits per heavy atom. The molecule has 0 amide bonds. The Labute approximate surface area is 103 Å². The van der Waals surface area contributed by atoms with Crippen LogP contribution in [0.25, 0.3) is 0 Å². The Kier molecular flexibility index (Phi) is 4.38. The fraction of sp³-hybridized carbons (Fsp3) is 0.846. The highest BCUT2D eigenvalue weighted by Crippen LogP contribution is 2.24. The minimum atomic E-state index is 0.0487. The fourth-order valence-electron chi connectivity index (χ4n) is 2.73. The van der Waals surface area contributed by atoms with Gasteiger partial charge in [-0.2, -0.15) is 10.4 Å². The third-order valence-corrected chi connectivity index (χ3v) is 3.70. The van der Waals surface area contributed by atoms with Crippen molar-refractivity contribution in [2.24, 2.45) is 11.0 Å². The number of hydrogen-bond acceptors (Lipinski definition) is 4. The van der Waals surface area contributed by atoms with Crippen molar-refractivity contribution < 1.29 is 4.74 Å². The van der Waals surface area contributed by atoms with Gasteiger partial charge in [0.2, 0.25) is 0 Å². The van der Waals surface area contributed by atoms with Crippen molar-refractivity contribution >= 4 is 5.71 Å². The third kappa shape index (κ3) is 2.98. The highest BCUT2D eigenvalue weighted by Gasteiger charge is 2.26. The molecule has 94 valence electrons. The molecule has 17 heavy (non-hydrogen) atoms. The highest BCUT2D eigenvalue weighted by atomic mass is 16.5. The zero-order chi connectivity index (χ0) is 12.1. The van der Waals surface area contributed by atoms with Gasteiger partial charge in [-0.3, -0.25) is 5.01 Å². The average Bonchev–Trinajstić information content (AvgIpc) is 2.78. The summed E-state index contributed by atoms with van der Waals surface area (Å²) in [7, 11) is 1.74. The van der Waals surface area contributed by atoms with Gasteiger partial charge < -0.3 is 4.74 Å². The summed E-state index contributed by atoms with van der Waals surface area (Å²) in [6.07, 6.45) is 6.66. The van der Waals surface area contributed by atoms with Gasteiger partial charge in [-0.05, 0) is 32.1 Å². The molecule has 0 aromatic carbocycles. The van der Waals surface area contributed by atoms with Crippen LogP contribution in [0.4, 0.5) is 0 Å². The van der Waals surface area contributed by atoms with E-state index >= 15 is 0 Å². The zero-order valence-corrected chi connectivity index (χ0v) is 10.6. The smallest absolute Gasteiger partial charge is 0.0863 e. The minimum absolute atomic E-state index is 0.0487. The van der Waals surface area contributed by atoms with E-state index in [2.05, 4.69) is 11.1 Å². The minimum Gasteiger partial charge on any atom is -0.382 e. The molecule has 1 heterocycles. The first-order valence-electron chi connectivity index (χ1n) is 6.57. The van der Waals surface area contributed by atoms with E-state index in [9.17, 15) is 0 Å². The normalized spacial score (nSPS) is 31.8. The van der Waals surface area contributed by atoms with Gasteiger partial charge >= 0.3 is 0 Å². The van der Waals surface area contributed by atoms with Gasteiger partial charge in [-0.25, -0.2) is 0 Å². The van der Waals surface area contributed by atoms with Crippen LogP contribution in [0.2, 0.25) is 0 Å². The molecule has 2 rings (SSSR count). The lowest BCUT2D eigenvalue weighted by atomic mass is 9.88. The monoisotopic (exact) mass is 235 g/mol. The highest BCUT2D eigenvalue weighted by molar-refractivity contribution is 5.89. The zero-order valence-electron chi connectivity index (χ0n) is 10.6. The van der Waals surface area contributed by atoms with Crippen LogP contribution in [0.3, 0.4) is 0 Å². The molecule has 0 N–H and O–H groups in total. The standard InChI is InChI=1S/C13H21N3O/c1-17-10-12-6-4-8-16(12)15-13-7-3-2-5-11(13)9-14/h11-12H,2-8,10H2,1H3/b15-13+/t11?,12-/m0/s1. The van der Waals surface area contributed by atoms with E-state index in [1.807, 2.05) is 0 Å². The summed E-state index contributed by atoms with van der Waals surface area (Å²) in [5.41, 5.74) is 1.10. The third-order valence-electron chi connectivity index (χ3n) is 3.70. The Bertz CT molecular complexity index is 321. The first kappa shape index (κ1) is 12.4. The Morgan fingerprint density at radius 2 is 2.29 bits per heavy atom. The van der Waals surface area contributed by atoms with Crippen LogP contribution in [0.5, 0.6) is 0 Å². The molecular formula is C13H21N3O. The van der Waals surface area contributed by atoms with Crippen molar-refractivity contribution in [2.45, 2.75) is 44.6 Å². The number of ether oxygens (including phenoxy) is 1. The second-order valence-electron chi connectivity index (χ2n) is 4.93. The molecule has 1 aliphatic heterocycles. The van der Waals surface area contributed by atoms with E-state index in [1.165, 1.54) is 19.3 Å². The van der Waals surface area contributed by atoms with Crippen molar-refractivity contribution in [3.63, 3.8) is 0 Å². The van der Waals surface area contributed by atoms with Crippen LogP contribution >= 0.6 is 0 Å². The van der Waals surface area contributed by atoms with Crippen LogP contribution < -0.4 is 0 Å². The van der Waals surface area contributed by atoms with Crippen molar-refractivity contribution in [1.29, 1.82) is 5.26 Å². The average molecular weight is 235 g/mol. The van der Waals surface area contributed by atoms with E-state index in [1.54, 1.807) is 7.11 Å². The topological polar surface area (TPSA) is 48.6 Å². The molecule has 2 aliphatic rings. The number of hydrogen-bond donors (Lipinski definition) is 0. The van der Waals surface area contributed by atoms with Gasteiger partial charge in [-0.1, -0.05) is 6.42 Å². The lowest BCUT2D eigenvalue weighted by Gasteiger charge is -2.25. The maximum absolute atomic E-state index is 9.13. The van der Waals surface area contributed by atoms with E-state index in [-0.39, 0.29) is 5.92 Å². The largest absolute Gasteiger partial charge is 0.382 e. The molecule has 0 radical (unpaired) electrons. The van der Waals surface area contributed by atoms with Crippen molar-refractivity contribution in [3.05, 3.63) is 0 Å². The summed E-state index contributed by atoms with van der Waals surface area (Å²) >= 11 is 0. The predicted octanol–water partition coefficient (Wildman–Crippen LogP) is 2.17. The lowest BCUT2D eigenvalue weighted by molar-refractivity contribution is 0.117. The molecule has 2 atom stereocenters. The molecule has 0 spiro atoms. The molecule has 0 bridgehead atoms. The van der Waals surface area contributed by atoms with Gasteiger partial charge in [0, 0.05) is 13.7 Å². The molecular weight excluding hydrogens is 214 g/mol. The maximum atomic E-state index is 9.13. The summed E-state index contributed by atoms with van der Waals surface area (Å²) in [5, 5.41) is 16.0. The van der Waals surface area contributed by atoms with E-state index < -0.39 is 0 Å². The number of hydrazone groups is 1. The molecule has 4 nitrogen and oxygen atoms in total. The summed E-state index contributed by atoms with van der Waals surface area (Å²) < 4.78 is 5.22. The van der Waals surface area contributed by atoms with Crippen LogP contribution in [-0.4, -0.2) is 37.0 Å². The van der Waals surface area contributed by atoms with Crippen molar-refractivity contribution in [1.82, 2.24) is 5.01 Å². The number of rotatable bonds is 3. The van der Waals surface area contributed by atoms with Gasteiger partial charge in [0.1, 0.15) is 0 Å². The SMILES string of the molecule is COC[C@@H]1CCCN1/N=C1\CCCCC1C#N. The first-order chi connectivity index (χ1) is 8.35. The van der Waals surface area contributed by atoms with Crippen LogP contribution in [0, 0.1) is 17.2 Å². The molecule has 1 aliphatic carbocycles. The molecule has 0 aromatic rings. The molecule has 4 heteroatoms. The van der Waals surface area contributed by atoms with Gasteiger partial charge in [0.05, 0.1) is 30.3 Å². The van der Waals surface area contributed by atoms with E-state index in [0.717, 1.165) is 38.1 Å². The molecule has 1 saturated carbocycles. The van der Waals surface area contributed by atoms with E-state index in [4.69, 9.17) is 15.1 Å². The second kappa shape index (κ2) is 6.02. The van der Waals surface area contributed by atoms with Gasteiger partial charge in [0.25, 0.3) is 0 Å². The van der Waals surface area contributed by atoms with Crippen LogP contribution in [0.15, 0.2) is 5.10 Å². The molecule has 0 aromatic heterocycles. The van der Waals surface area contributed by atoms with Gasteiger partial charge in [0.15, 0.2) is 0 Å². The lowest BCUT2D eigenvalue weighted by Crippen LogP contribution is -2.31.